The minimum atomic E-state index is -0.876. The van der Waals surface area contributed by atoms with Crippen LogP contribution in [0.5, 0.6) is 11.5 Å². The lowest BCUT2D eigenvalue weighted by Gasteiger charge is -2.09. The SMILES string of the molecule is COc1cccc(C=NNC(=O)C(=O)Nc2ccc(C)cc2)c1OC. The molecule has 0 saturated carbocycles. The number of hydrogen-bond donors (Lipinski definition) is 2. The molecule has 7 nitrogen and oxygen atoms in total. The van der Waals surface area contributed by atoms with E-state index >= 15 is 0 Å². The monoisotopic (exact) mass is 341 g/mol. The number of aryl methyl sites for hydroxylation is 1. The summed E-state index contributed by atoms with van der Waals surface area (Å²) in [5.74, 6) is -0.667. The number of benzene rings is 2. The molecule has 0 atom stereocenters. The third-order valence-corrected chi connectivity index (χ3v) is 3.32. The van der Waals surface area contributed by atoms with Crippen molar-refractivity contribution >= 4 is 23.7 Å². The number of carbonyl (C=O) groups is 2. The Morgan fingerprint density at radius 1 is 1.00 bits per heavy atom. The van der Waals surface area contributed by atoms with E-state index in [1.54, 1.807) is 30.3 Å². The summed E-state index contributed by atoms with van der Waals surface area (Å²) in [5, 5.41) is 6.27. The standard InChI is InChI=1S/C18H19N3O4/c1-12-7-9-14(10-8-12)20-17(22)18(23)21-19-11-13-5-4-6-15(24-2)16(13)25-3/h4-11H,1-3H3,(H,20,22)(H,21,23). The predicted octanol–water partition coefficient (Wildman–Crippen LogP) is 2.10. The quantitative estimate of drug-likeness (QED) is 0.495. The minimum Gasteiger partial charge on any atom is -0.493 e. The molecule has 2 aromatic carbocycles. The van der Waals surface area contributed by atoms with E-state index in [1.165, 1.54) is 20.4 Å². The van der Waals surface area contributed by atoms with Gasteiger partial charge in [0.05, 0.1) is 20.4 Å². The molecule has 2 aromatic rings. The number of amides is 2. The topological polar surface area (TPSA) is 89.0 Å². The van der Waals surface area contributed by atoms with Gasteiger partial charge in [-0.05, 0) is 31.2 Å². The number of ether oxygens (including phenoxy) is 2. The fourth-order valence-corrected chi connectivity index (χ4v) is 2.05. The van der Waals surface area contributed by atoms with Gasteiger partial charge in [-0.2, -0.15) is 5.10 Å². The molecular weight excluding hydrogens is 322 g/mol. The molecule has 130 valence electrons. The van der Waals surface area contributed by atoms with Crippen molar-refractivity contribution in [2.75, 3.05) is 19.5 Å². The molecule has 7 heteroatoms. The van der Waals surface area contributed by atoms with Gasteiger partial charge in [0.25, 0.3) is 0 Å². The molecule has 25 heavy (non-hydrogen) atoms. The van der Waals surface area contributed by atoms with Crippen LogP contribution in [0.3, 0.4) is 0 Å². The first-order valence-corrected chi connectivity index (χ1v) is 7.47. The molecule has 0 aliphatic rings. The van der Waals surface area contributed by atoms with E-state index in [-0.39, 0.29) is 0 Å². The van der Waals surface area contributed by atoms with E-state index in [0.717, 1.165) is 5.56 Å². The number of carbonyl (C=O) groups excluding carboxylic acids is 2. The summed E-state index contributed by atoms with van der Waals surface area (Å²) < 4.78 is 10.4. The van der Waals surface area contributed by atoms with Crippen LogP contribution in [-0.2, 0) is 9.59 Å². The Kier molecular flexibility index (Phi) is 6.11. The summed E-state index contributed by atoms with van der Waals surface area (Å²) >= 11 is 0. The highest BCUT2D eigenvalue weighted by molar-refractivity contribution is 6.39. The molecule has 0 fully saturated rings. The van der Waals surface area contributed by atoms with E-state index in [2.05, 4.69) is 15.8 Å². The lowest BCUT2D eigenvalue weighted by molar-refractivity contribution is -0.136. The number of rotatable bonds is 5. The van der Waals surface area contributed by atoms with Gasteiger partial charge in [-0.25, -0.2) is 5.43 Å². The smallest absolute Gasteiger partial charge is 0.329 e. The number of hydrogen-bond acceptors (Lipinski definition) is 5. The molecule has 0 unspecified atom stereocenters. The molecule has 2 amide bonds. The summed E-state index contributed by atoms with van der Waals surface area (Å²) in [7, 11) is 3.03. The molecule has 0 aliphatic carbocycles. The number of hydrazone groups is 1. The van der Waals surface area contributed by atoms with Gasteiger partial charge in [-0.15, -0.1) is 0 Å². The predicted molar refractivity (Wildman–Crippen MR) is 95.1 cm³/mol. The highest BCUT2D eigenvalue weighted by Gasteiger charge is 2.13. The highest BCUT2D eigenvalue weighted by atomic mass is 16.5. The Morgan fingerprint density at radius 3 is 2.36 bits per heavy atom. The van der Waals surface area contributed by atoms with Crippen molar-refractivity contribution in [1.29, 1.82) is 0 Å². The van der Waals surface area contributed by atoms with E-state index < -0.39 is 11.8 Å². The van der Waals surface area contributed by atoms with Crippen LogP contribution < -0.4 is 20.2 Å². The van der Waals surface area contributed by atoms with Gasteiger partial charge < -0.3 is 14.8 Å². The van der Waals surface area contributed by atoms with Crippen molar-refractivity contribution in [1.82, 2.24) is 5.43 Å². The zero-order valence-corrected chi connectivity index (χ0v) is 14.2. The van der Waals surface area contributed by atoms with Crippen LogP contribution in [0, 0.1) is 6.92 Å². The summed E-state index contributed by atoms with van der Waals surface area (Å²) in [5.41, 5.74) is 4.36. The third-order valence-electron chi connectivity index (χ3n) is 3.32. The van der Waals surface area contributed by atoms with Crippen molar-refractivity contribution in [2.24, 2.45) is 5.10 Å². The summed E-state index contributed by atoms with van der Waals surface area (Å²) in [6.45, 7) is 1.93. The maximum absolute atomic E-state index is 11.8. The molecular formula is C18H19N3O4. The van der Waals surface area contributed by atoms with Crippen LogP contribution in [0.4, 0.5) is 5.69 Å². The zero-order chi connectivity index (χ0) is 18.2. The van der Waals surface area contributed by atoms with Gasteiger partial charge >= 0.3 is 11.8 Å². The second-order valence-electron chi connectivity index (χ2n) is 5.10. The molecule has 2 rings (SSSR count). The van der Waals surface area contributed by atoms with Gasteiger partial charge in [0.2, 0.25) is 0 Å². The first-order valence-electron chi connectivity index (χ1n) is 7.47. The third kappa shape index (κ3) is 4.81. The normalized spacial score (nSPS) is 10.4. The molecule has 0 radical (unpaired) electrons. The maximum atomic E-state index is 11.8. The number of nitrogens with zero attached hydrogens (tertiary/aromatic N) is 1. The van der Waals surface area contributed by atoms with E-state index in [9.17, 15) is 9.59 Å². The van der Waals surface area contributed by atoms with E-state index in [1.807, 2.05) is 19.1 Å². The summed E-state index contributed by atoms with van der Waals surface area (Å²) in [6, 6.07) is 12.3. The fraction of sp³-hybridized carbons (Fsp3) is 0.167. The summed E-state index contributed by atoms with van der Waals surface area (Å²) in [4.78, 5) is 23.6. The van der Waals surface area contributed by atoms with Crippen LogP contribution in [0.1, 0.15) is 11.1 Å². The number of methoxy groups -OCH3 is 2. The maximum Gasteiger partial charge on any atom is 0.329 e. The van der Waals surface area contributed by atoms with Crippen LogP contribution >= 0.6 is 0 Å². The van der Waals surface area contributed by atoms with Crippen molar-refractivity contribution in [3.05, 3.63) is 53.6 Å². The Morgan fingerprint density at radius 2 is 1.72 bits per heavy atom. The number of para-hydroxylation sites is 1. The Bertz CT molecular complexity index is 785. The van der Waals surface area contributed by atoms with E-state index in [4.69, 9.17) is 9.47 Å². The zero-order valence-electron chi connectivity index (χ0n) is 14.2. The van der Waals surface area contributed by atoms with Crippen LogP contribution in [-0.4, -0.2) is 32.2 Å². The minimum absolute atomic E-state index is 0.479. The summed E-state index contributed by atoms with van der Waals surface area (Å²) in [6.07, 6.45) is 1.37. The highest BCUT2D eigenvalue weighted by Crippen LogP contribution is 2.29. The average molecular weight is 341 g/mol. The van der Waals surface area contributed by atoms with Crippen LogP contribution in [0.2, 0.25) is 0 Å². The molecule has 0 heterocycles. The van der Waals surface area contributed by atoms with Crippen LogP contribution in [0.15, 0.2) is 47.6 Å². The molecule has 0 spiro atoms. The second-order valence-corrected chi connectivity index (χ2v) is 5.10. The lowest BCUT2D eigenvalue weighted by atomic mass is 10.2. The number of nitrogens with one attached hydrogen (secondary N) is 2. The van der Waals surface area contributed by atoms with Crippen molar-refractivity contribution < 1.29 is 19.1 Å². The average Bonchev–Trinajstić information content (AvgIpc) is 2.63. The molecule has 0 saturated heterocycles. The number of anilines is 1. The molecule has 0 bridgehead atoms. The Labute approximate surface area is 145 Å². The first kappa shape index (κ1) is 18.0. The fourth-order valence-electron chi connectivity index (χ4n) is 2.05. The van der Waals surface area contributed by atoms with Gasteiger partial charge in [0.15, 0.2) is 11.5 Å². The Balaban J connectivity index is 1.98. The van der Waals surface area contributed by atoms with Gasteiger partial charge in [-0.3, -0.25) is 9.59 Å². The van der Waals surface area contributed by atoms with Crippen molar-refractivity contribution in [3.8, 4) is 11.5 Å². The molecule has 0 aliphatic heterocycles. The molecule has 0 aromatic heterocycles. The van der Waals surface area contributed by atoms with Gasteiger partial charge in [-0.1, -0.05) is 23.8 Å². The first-order chi connectivity index (χ1) is 12.0. The van der Waals surface area contributed by atoms with Crippen molar-refractivity contribution in [2.45, 2.75) is 6.92 Å². The van der Waals surface area contributed by atoms with E-state index in [0.29, 0.717) is 22.7 Å². The van der Waals surface area contributed by atoms with Crippen LogP contribution in [0.25, 0.3) is 0 Å². The van der Waals surface area contributed by atoms with Gasteiger partial charge in [0.1, 0.15) is 0 Å². The lowest BCUT2D eigenvalue weighted by Crippen LogP contribution is -2.32. The Hall–Kier alpha value is -3.35. The largest absolute Gasteiger partial charge is 0.493 e. The molecule has 2 N–H and O–H groups in total. The second kappa shape index (κ2) is 8.49. The van der Waals surface area contributed by atoms with Gasteiger partial charge in [0, 0.05) is 11.3 Å². The van der Waals surface area contributed by atoms with Crippen molar-refractivity contribution in [3.63, 3.8) is 0 Å².